The molecule has 1 aromatic rings. The molecule has 1 aliphatic heterocycles. The Labute approximate surface area is 104 Å². The standard InChI is InChI=1S/C11H16N4O3/c1-8(9-4-2-7-18-9)13-10(16)14-11(17)15-6-3-5-12-15/h3,5-6,8-9H,2,4,7H2,1H3,(H2,13,14,16,17). The van der Waals surface area contributed by atoms with Gasteiger partial charge in [0.05, 0.1) is 12.1 Å². The van der Waals surface area contributed by atoms with Crippen LogP contribution in [0.3, 0.4) is 0 Å². The van der Waals surface area contributed by atoms with Gasteiger partial charge < -0.3 is 10.1 Å². The minimum atomic E-state index is -0.586. The number of amides is 3. The number of imide groups is 1. The van der Waals surface area contributed by atoms with Crippen LogP contribution in [-0.4, -0.2) is 40.6 Å². The Morgan fingerprint density at radius 2 is 2.39 bits per heavy atom. The predicted octanol–water partition coefficient (Wildman–Crippen LogP) is 0.718. The van der Waals surface area contributed by atoms with Gasteiger partial charge in [0, 0.05) is 19.0 Å². The summed E-state index contributed by atoms with van der Waals surface area (Å²) < 4.78 is 6.50. The Bertz CT molecular complexity index is 412. The van der Waals surface area contributed by atoms with E-state index in [0.29, 0.717) is 0 Å². The van der Waals surface area contributed by atoms with Gasteiger partial charge in [-0.2, -0.15) is 9.78 Å². The molecule has 0 radical (unpaired) electrons. The number of nitrogens with zero attached hydrogens (tertiary/aromatic N) is 2. The van der Waals surface area contributed by atoms with Crippen LogP contribution < -0.4 is 10.6 Å². The molecule has 2 rings (SSSR count). The first kappa shape index (κ1) is 12.6. The number of carbonyl (C=O) groups is 2. The van der Waals surface area contributed by atoms with Crippen molar-refractivity contribution in [3.05, 3.63) is 18.5 Å². The van der Waals surface area contributed by atoms with Crippen molar-refractivity contribution in [1.29, 1.82) is 0 Å². The fraction of sp³-hybridized carbons (Fsp3) is 0.545. The van der Waals surface area contributed by atoms with Crippen LogP contribution in [0.1, 0.15) is 19.8 Å². The molecular formula is C11H16N4O3. The molecule has 7 heteroatoms. The maximum atomic E-state index is 11.6. The van der Waals surface area contributed by atoms with Gasteiger partial charge in [0.15, 0.2) is 0 Å². The third-order valence-corrected chi connectivity index (χ3v) is 2.81. The van der Waals surface area contributed by atoms with Crippen LogP contribution in [0.2, 0.25) is 0 Å². The van der Waals surface area contributed by atoms with Crippen LogP contribution in [0.25, 0.3) is 0 Å². The quantitative estimate of drug-likeness (QED) is 0.812. The van der Waals surface area contributed by atoms with E-state index < -0.39 is 12.1 Å². The number of urea groups is 1. The zero-order chi connectivity index (χ0) is 13.0. The van der Waals surface area contributed by atoms with Gasteiger partial charge in [-0.15, -0.1) is 0 Å². The van der Waals surface area contributed by atoms with Crippen molar-refractivity contribution in [2.45, 2.75) is 31.9 Å². The second-order valence-electron chi connectivity index (χ2n) is 4.19. The van der Waals surface area contributed by atoms with E-state index in [-0.39, 0.29) is 12.1 Å². The molecule has 1 saturated heterocycles. The smallest absolute Gasteiger partial charge is 0.350 e. The van der Waals surface area contributed by atoms with Gasteiger partial charge in [-0.1, -0.05) is 0 Å². The van der Waals surface area contributed by atoms with Crippen molar-refractivity contribution in [2.75, 3.05) is 6.61 Å². The summed E-state index contributed by atoms with van der Waals surface area (Å²) in [6.07, 6.45) is 4.88. The number of aromatic nitrogens is 2. The van der Waals surface area contributed by atoms with Crippen LogP contribution in [0.15, 0.2) is 18.5 Å². The Morgan fingerprint density at radius 3 is 3.00 bits per heavy atom. The molecule has 0 aromatic carbocycles. The average Bonchev–Trinajstić information content (AvgIpc) is 3.02. The van der Waals surface area contributed by atoms with Crippen molar-refractivity contribution in [3.8, 4) is 0 Å². The highest BCUT2D eigenvalue weighted by molar-refractivity contribution is 5.94. The summed E-state index contributed by atoms with van der Waals surface area (Å²) >= 11 is 0. The van der Waals surface area contributed by atoms with Gasteiger partial charge in [0.25, 0.3) is 0 Å². The minimum absolute atomic E-state index is 0.0237. The van der Waals surface area contributed by atoms with Crippen LogP contribution in [0.4, 0.5) is 9.59 Å². The molecule has 1 fully saturated rings. The van der Waals surface area contributed by atoms with E-state index in [2.05, 4.69) is 15.7 Å². The summed E-state index contributed by atoms with van der Waals surface area (Å²) in [6, 6.07) is 0.348. The molecule has 1 aromatic heterocycles. The highest BCUT2D eigenvalue weighted by Gasteiger charge is 2.24. The highest BCUT2D eigenvalue weighted by Crippen LogP contribution is 2.15. The lowest BCUT2D eigenvalue weighted by Crippen LogP contribution is -2.48. The zero-order valence-corrected chi connectivity index (χ0v) is 10.1. The predicted molar refractivity (Wildman–Crippen MR) is 63.1 cm³/mol. The molecule has 0 saturated carbocycles. The zero-order valence-electron chi connectivity index (χ0n) is 10.1. The number of hydrogen-bond acceptors (Lipinski definition) is 4. The Morgan fingerprint density at radius 1 is 1.56 bits per heavy atom. The fourth-order valence-corrected chi connectivity index (χ4v) is 1.88. The lowest BCUT2D eigenvalue weighted by molar-refractivity contribution is 0.0861. The number of ether oxygens (including phenoxy) is 1. The van der Waals surface area contributed by atoms with Crippen molar-refractivity contribution >= 4 is 12.1 Å². The summed E-state index contributed by atoms with van der Waals surface area (Å²) in [5.41, 5.74) is 0. The van der Waals surface area contributed by atoms with Gasteiger partial charge in [0.2, 0.25) is 0 Å². The van der Waals surface area contributed by atoms with E-state index in [0.717, 1.165) is 24.1 Å². The number of rotatable bonds is 2. The topological polar surface area (TPSA) is 85.3 Å². The van der Waals surface area contributed by atoms with E-state index in [1.54, 1.807) is 6.07 Å². The second-order valence-corrected chi connectivity index (χ2v) is 4.19. The van der Waals surface area contributed by atoms with Gasteiger partial charge in [-0.25, -0.2) is 9.59 Å². The van der Waals surface area contributed by atoms with Crippen LogP contribution in [0.5, 0.6) is 0 Å². The maximum absolute atomic E-state index is 11.6. The molecule has 3 amide bonds. The highest BCUT2D eigenvalue weighted by atomic mass is 16.5. The summed E-state index contributed by atoms with van der Waals surface area (Å²) in [4.78, 5) is 23.1. The van der Waals surface area contributed by atoms with Crippen molar-refractivity contribution in [3.63, 3.8) is 0 Å². The lowest BCUT2D eigenvalue weighted by Gasteiger charge is -2.19. The molecule has 0 bridgehead atoms. The van der Waals surface area contributed by atoms with Crippen LogP contribution >= 0.6 is 0 Å². The van der Waals surface area contributed by atoms with Crippen molar-refractivity contribution < 1.29 is 14.3 Å². The Kier molecular flexibility index (Phi) is 3.93. The van der Waals surface area contributed by atoms with Gasteiger partial charge in [-0.05, 0) is 25.8 Å². The molecule has 18 heavy (non-hydrogen) atoms. The first-order valence-electron chi connectivity index (χ1n) is 5.90. The monoisotopic (exact) mass is 252 g/mol. The third kappa shape index (κ3) is 3.07. The summed E-state index contributed by atoms with van der Waals surface area (Å²) in [7, 11) is 0. The Balaban J connectivity index is 1.79. The van der Waals surface area contributed by atoms with Gasteiger partial charge in [0.1, 0.15) is 0 Å². The summed E-state index contributed by atoms with van der Waals surface area (Å²) in [5, 5.41) is 8.60. The molecule has 0 spiro atoms. The molecule has 7 nitrogen and oxygen atoms in total. The van der Waals surface area contributed by atoms with E-state index in [1.807, 2.05) is 6.92 Å². The molecule has 98 valence electrons. The molecule has 2 atom stereocenters. The van der Waals surface area contributed by atoms with Gasteiger partial charge >= 0.3 is 12.1 Å². The van der Waals surface area contributed by atoms with Crippen LogP contribution in [0, 0.1) is 0 Å². The SMILES string of the molecule is CC(NC(=O)NC(=O)n1cccn1)C1CCCO1. The van der Waals surface area contributed by atoms with Crippen molar-refractivity contribution in [2.24, 2.45) is 0 Å². The van der Waals surface area contributed by atoms with Crippen LogP contribution in [-0.2, 0) is 4.74 Å². The molecule has 2 unspecified atom stereocenters. The fourth-order valence-electron chi connectivity index (χ4n) is 1.88. The van der Waals surface area contributed by atoms with Crippen molar-refractivity contribution in [1.82, 2.24) is 20.4 Å². The Hall–Kier alpha value is -1.89. The molecule has 2 N–H and O–H groups in total. The van der Waals surface area contributed by atoms with E-state index in [9.17, 15) is 9.59 Å². The summed E-state index contributed by atoms with van der Waals surface area (Å²) in [5.74, 6) is 0. The maximum Gasteiger partial charge on any atom is 0.350 e. The first-order valence-corrected chi connectivity index (χ1v) is 5.90. The van der Waals surface area contributed by atoms with E-state index in [1.165, 1.54) is 12.4 Å². The minimum Gasteiger partial charge on any atom is -0.376 e. The molecular weight excluding hydrogens is 236 g/mol. The first-order chi connectivity index (χ1) is 8.66. The molecule has 0 aliphatic carbocycles. The molecule has 1 aliphatic rings. The second kappa shape index (κ2) is 5.63. The normalized spacial score (nSPS) is 20.4. The molecule has 2 heterocycles. The average molecular weight is 252 g/mol. The summed E-state index contributed by atoms with van der Waals surface area (Å²) in [6.45, 7) is 2.58. The number of nitrogens with one attached hydrogen (secondary N) is 2. The van der Waals surface area contributed by atoms with E-state index in [4.69, 9.17) is 4.74 Å². The lowest BCUT2D eigenvalue weighted by atomic mass is 10.1. The van der Waals surface area contributed by atoms with E-state index >= 15 is 0 Å². The third-order valence-electron chi connectivity index (χ3n) is 2.81. The number of carbonyl (C=O) groups excluding carboxylic acids is 2. The van der Waals surface area contributed by atoms with Gasteiger partial charge in [-0.3, -0.25) is 5.32 Å². The largest absolute Gasteiger partial charge is 0.376 e. The number of hydrogen-bond donors (Lipinski definition) is 2.